The van der Waals surface area contributed by atoms with Gasteiger partial charge in [0.15, 0.2) is 0 Å². The molecule has 21 valence electrons. The molecule has 2 nitrogen and oxygen atoms in total. The molecule has 0 N–H and O–H groups in total. The van der Waals surface area contributed by atoms with Crippen molar-refractivity contribution in [3.8, 4) is 0 Å². The predicted molar refractivity (Wildman–Crippen MR) is 7.13 cm³/mol. The Balaban J connectivity index is 0. The molecule has 0 aromatic heterocycles. The van der Waals surface area contributed by atoms with Crippen molar-refractivity contribution in [3.63, 3.8) is 0 Å². The fourth-order valence-electron chi connectivity index (χ4n) is 0. The average molecular weight is 241 g/mol. The van der Waals surface area contributed by atoms with Crippen LogP contribution in [-0.2, 0) is 31.3 Å². The van der Waals surface area contributed by atoms with Crippen LogP contribution in [0.25, 0.3) is 0 Å². The zero-order valence-electron chi connectivity index (χ0n) is 1.76. The molecule has 0 fully saturated rings. The van der Waals surface area contributed by atoms with Crippen LogP contribution in [0.15, 0.2) is 0 Å². The first-order valence-corrected chi connectivity index (χ1v) is 1.22. The Bertz CT molecular complexity index is 27.0. The smallest absolute Gasteiger partial charge is 0.274 e. The van der Waals surface area contributed by atoms with Crippen molar-refractivity contribution in [1.29, 1.82) is 0 Å². The van der Waals surface area contributed by atoms with Crippen molar-refractivity contribution in [2.24, 2.45) is 0 Å². The molecule has 0 bridgehead atoms. The van der Waals surface area contributed by atoms with E-state index in [0.717, 1.165) is 0 Å². The van der Waals surface area contributed by atoms with E-state index in [-0.39, 0.29) is 22.4 Å². The fraction of sp³-hybridized carbons (Fsp3) is 0. The third-order valence-electron chi connectivity index (χ3n) is 0. The summed E-state index contributed by atoms with van der Waals surface area (Å²) in [6.07, 6.45) is 0. The second-order valence-electron chi connectivity index (χ2n) is 0.0833. The third kappa shape index (κ3) is 20.0. The summed E-state index contributed by atoms with van der Waals surface area (Å²) in [4.78, 5) is 0. The van der Waals surface area contributed by atoms with E-state index in [1.165, 1.54) is 0 Å². The largest absolute Gasteiger partial charge is 0.549 e. The SMILES string of the molecule is O=[Si]=O.[Ta]. The molecule has 0 aliphatic rings. The monoisotopic (exact) mass is 241 g/mol. The summed E-state index contributed by atoms with van der Waals surface area (Å²) in [5, 5.41) is 0. The molecule has 4 heteroatoms. The van der Waals surface area contributed by atoms with Crippen LogP contribution in [0.4, 0.5) is 0 Å². The van der Waals surface area contributed by atoms with Gasteiger partial charge in [-0.25, -0.2) is 0 Å². The number of hydrogen-bond donors (Lipinski definition) is 0. The van der Waals surface area contributed by atoms with Crippen LogP contribution in [-0.4, -0.2) is 9.29 Å². The zero-order valence-corrected chi connectivity index (χ0v) is 5.98. The minimum Gasteiger partial charge on any atom is -0.274 e. The molecule has 0 amide bonds. The van der Waals surface area contributed by atoms with Crippen molar-refractivity contribution in [2.75, 3.05) is 0 Å². The molecule has 0 aliphatic heterocycles. The molecule has 0 heterocycles. The maximum atomic E-state index is 8.40. The summed E-state index contributed by atoms with van der Waals surface area (Å²) < 4.78 is 16.8. The van der Waals surface area contributed by atoms with Gasteiger partial charge in [-0.15, -0.1) is 0 Å². The minimum absolute atomic E-state index is 0. The van der Waals surface area contributed by atoms with Crippen molar-refractivity contribution >= 4 is 9.29 Å². The van der Waals surface area contributed by atoms with Gasteiger partial charge in [-0.05, 0) is 0 Å². The van der Waals surface area contributed by atoms with Crippen molar-refractivity contribution in [1.82, 2.24) is 0 Å². The first kappa shape index (κ1) is 8.82. The normalized spacial score (nSPS) is 2.00. The maximum absolute atomic E-state index is 8.40. The standard InChI is InChI=1S/O2Si.Ta/c1-3-2;. The molecule has 0 unspecified atom stereocenters. The van der Waals surface area contributed by atoms with Gasteiger partial charge in [-0.3, -0.25) is 8.92 Å². The Morgan fingerprint density at radius 2 is 1.25 bits per heavy atom. The van der Waals surface area contributed by atoms with Crippen molar-refractivity contribution in [2.45, 2.75) is 0 Å². The summed E-state index contributed by atoms with van der Waals surface area (Å²) in [6.45, 7) is 0. The zero-order chi connectivity index (χ0) is 2.71. The first-order chi connectivity index (χ1) is 1.41. The predicted octanol–water partition coefficient (Wildman–Crippen LogP) is -0.621. The average Bonchev–Trinajstić information content (AvgIpc) is 0.918. The molecule has 0 atom stereocenters. The van der Waals surface area contributed by atoms with Gasteiger partial charge in [-0.2, -0.15) is 0 Å². The Kier molecular flexibility index (Phi) is 21.1. The Morgan fingerprint density at radius 3 is 1.25 bits per heavy atom. The molecule has 0 saturated carbocycles. The summed E-state index contributed by atoms with van der Waals surface area (Å²) in [5.41, 5.74) is 0. The second-order valence-corrected chi connectivity index (χ2v) is 0.250. The molecule has 4 heavy (non-hydrogen) atoms. The molecule has 1 radical (unpaired) electrons. The van der Waals surface area contributed by atoms with Crippen molar-refractivity contribution in [3.05, 3.63) is 0 Å². The van der Waals surface area contributed by atoms with Gasteiger partial charge in [0.1, 0.15) is 0 Å². The molecule has 0 saturated heterocycles. The van der Waals surface area contributed by atoms with E-state index in [0.29, 0.717) is 0 Å². The summed E-state index contributed by atoms with van der Waals surface area (Å²) in [7, 11) is -1.42. The maximum Gasteiger partial charge on any atom is 0.549 e. The molecule has 0 spiro atoms. The summed E-state index contributed by atoms with van der Waals surface area (Å²) >= 11 is 0. The van der Waals surface area contributed by atoms with E-state index < -0.39 is 9.29 Å². The summed E-state index contributed by atoms with van der Waals surface area (Å²) in [5.74, 6) is 0. The topological polar surface area (TPSA) is 34.1 Å². The van der Waals surface area contributed by atoms with Crippen LogP contribution in [0, 0.1) is 0 Å². The van der Waals surface area contributed by atoms with Gasteiger partial charge in [-0.1, -0.05) is 0 Å². The van der Waals surface area contributed by atoms with Gasteiger partial charge >= 0.3 is 9.29 Å². The molecule has 0 aromatic rings. The van der Waals surface area contributed by atoms with Crippen LogP contribution in [0.2, 0.25) is 0 Å². The number of rotatable bonds is 0. The van der Waals surface area contributed by atoms with Crippen LogP contribution < -0.4 is 0 Å². The molecule has 0 aliphatic carbocycles. The molecule has 0 rings (SSSR count). The fourth-order valence-corrected chi connectivity index (χ4v) is 0. The van der Waals surface area contributed by atoms with E-state index in [1.807, 2.05) is 0 Å². The second kappa shape index (κ2) is 9.59. The first-order valence-electron chi connectivity index (χ1n) is 0.408. The van der Waals surface area contributed by atoms with E-state index in [4.69, 9.17) is 8.92 Å². The van der Waals surface area contributed by atoms with Crippen molar-refractivity contribution < 1.29 is 31.3 Å². The van der Waals surface area contributed by atoms with Gasteiger partial charge in [0, 0.05) is 22.4 Å². The van der Waals surface area contributed by atoms with E-state index >= 15 is 0 Å². The van der Waals surface area contributed by atoms with Crippen LogP contribution >= 0.6 is 0 Å². The van der Waals surface area contributed by atoms with Gasteiger partial charge in [0.25, 0.3) is 0 Å². The Morgan fingerprint density at radius 1 is 1.25 bits per heavy atom. The Labute approximate surface area is 41.0 Å². The van der Waals surface area contributed by atoms with Crippen LogP contribution in [0.5, 0.6) is 0 Å². The van der Waals surface area contributed by atoms with Gasteiger partial charge in [0.05, 0.1) is 0 Å². The Hall–Kier alpha value is 0.557. The van der Waals surface area contributed by atoms with Gasteiger partial charge < -0.3 is 0 Å². The molecular formula is O2SiTa. The number of hydrogen-bond acceptors (Lipinski definition) is 2. The molecule has 0 aromatic carbocycles. The van der Waals surface area contributed by atoms with E-state index in [9.17, 15) is 0 Å². The quantitative estimate of drug-likeness (QED) is 0.529. The molecular weight excluding hydrogens is 241 g/mol. The third-order valence-corrected chi connectivity index (χ3v) is 0. The van der Waals surface area contributed by atoms with Crippen LogP contribution in [0.3, 0.4) is 0 Å². The minimum atomic E-state index is -1.42. The summed E-state index contributed by atoms with van der Waals surface area (Å²) in [6, 6.07) is 0. The van der Waals surface area contributed by atoms with E-state index in [1.54, 1.807) is 0 Å². The van der Waals surface area contributed by atoms with Gasteiger partial charge in [0.2, 0.25) is 0 Å². The van der Waals surface area contributed by atoms with Crippen LogP contribution in [0.1, 0.15) is 0 Å². The van der Waals surface area contributed by atoms with E-state index in [2.05, 4.69) is 0 Å².